The van der Waals surface area contributed by atoms with Gasteiger partial charge in [-0.3, -0.25) is 4.79 Å². The highest BCUT2D eigenvalue weighted by atomic mass is 79.9. The Hall–Kier alpha value is -1.37. The zero-order valence-corrected chi connectivity index (χ0v) is 16.2. The largest absolute Gasteiger partial charge is 0.376 e. The molecule has 0 radical (unpaired) electrons. The van der Waals surface area contributed by atoms with Crippen molar-refractivity contribution < 1.29 is 4.79 Å². The first kappa shape index (κ1) is 18.0. The third kappa shape index (κ3) is 5.64. The van der Waals surface area contributed by atoms with Gasteiger partial charge in [0.25, 0.3) is 5.91 Å². The van der Waals surface area contributed by atoms with E-state index in [0.717, 1.165) is 25.8 Å². The molecule has 0 unspecified atom stereocenters. The highest BCUT2D eigenvalue weighted by molar-refractivity contribution is 9.11. The Labute approximate surface area is 156 Å². The quantitative estimate of drug-likeness (QED) is 0.502. The monoisotopic (exact) mass is 457 g/mol. The van der Waals surface area contributed by atoms with Crippen molar-refractivity contribution in [2.75, 3.05) is 11.9 Å². The minimum Gasteiger partial charge on any atom is -0.376 e. The van der Waals surface area contributed by atoms with E-state index >= 15 is 0 Å². The fourth-order valence-electron chi connectivity index (χ4n) is 1.70. The number of anilines is 1. The van der Waals surface area contributed by atoms with Gasteiger partial charge in [-0.25, -0.2) is 5.43 Å². The van der Waals surface area contributed by atoms with Crippen LogP contribution in [0, 0.1) is 6.92 Å². The van der Waals surface area contributed by atoms with Crippen molar-refractivity contribution in [1.82, 2.24) is 5.43 Å². The third-order valence-corrected chi connectivity index (χ3v) is 4.91. The molecule has 0 spiro atoms. The van der Waals surface area contributed by atoms with Gasteiger partial charge in [-0.2, -0.15) is 5.10 Å². The third-order valence-electron chi connectivity index (χ3n) is 3.01. The Kier molecular flexibility index (Phi) is 6.62. The van der Waals surface area contributed by atoms with Crippen LogP contribution in [0.1, 0.15) is 11.1 Å². The lowest BCUT2D eigenvalue weighted by molar-refractivity contribution is -0.119. The first-order valence-electron chi connectivity index (χ1n) is 6.72. The second-order valence-corrected chi connectivity index (χ2v) is 6.91. The van der Waals surface area contributed by atoms with Crippen LogP contribution >= 0.6 is 43.5 Å². The number of nitrogens with one attached hydrogen (secondary N) is 2. The molecule has 0 aromatic heterocycles. The number of halogens is 3. The molecule has 0 fully saturated rings. The number of benzene rings is 2. The minimum atomic E-state index is -0.233. The molecule has 7 heteroatoms. The molecule has 2 aromatic rings. The molecule has 1 amide bonds. The van der Waals surface area contributed by atoms with Crippen molar-refractivity contribution in [2.24, 2.45) is 5.10 Å². The highest BCUT2D eigenvalue weighted by Gasteiger charge is 2.05. The number of carbonyl (C=O) groups is 1. The molecule has 2 N–H and O–H groups in total. The average molecular weight is 460 g/mol. The predicted molar refractivity (Wildman–Crippen MR) is 102 cm³/mol. The van der Waals surface area contributed by atoms with E-state index in [9.17, 15) is 4.79 Å². The lowest BCUT2D eigenvalue weighted by Gasteiger charge is -2.09. The Morgan fingerprint density at radius 1 is 1.22 bits per heavy atom. The Morgan fingerprint density at radius 2 is 1.83 bits per heavy atom. The molecular weight excluding hydrogens is 445 g/mol. The van der Waals surface area contributed by atoms with Crippen LogP contribution in [0.4, 0.5) is 5.69 Å². The van der Waals surface area contributed by atoms with Gasteiger partial charge < -0.3 is 5.32 Å². The summed E-state index contributed by atoms with van der Waals surface area (Å²) in [7, 11) is 0. The van der Waals surface area contributed by atoms with Crippen LogP contribution in [0.15, 0.2) is 50.4 Å². The average Bonchev–Trinajstić information content (AvgIpc) is 2.52. The first-order chi connectivity index (χ1) is 11.0. The van der Waals surface area contributed by atoms with Gasteiger partial charge in [0.1, 0.15) is 0 Å². The number of nitrogens with zero attached hydrogens (tertiary/aromatic N) is 1. The molecule has 0 aliphatic carbocycles. The molecule has 4 nitrogen and oxygen atoms in total. The molecule has 2 aromatic carbocycles. The number of rotatable bonds is 5. The van der Waals surface area contributed by atoms with Crippen molar-refractivity contribution in [3.63, 3.8) is 0 Å². The van der Waals surface area contributed by atoms with Gasteiger partial charge >= 0.3 is 0 Å². The zero-order valence-electron chi connectivity index (χ0n) is 12.2. The van der Waals surface area contributed by atoms with Gasteiger partial charge in [0.2, 0.25) is 0 Å². The molecular formula is C16H14Br2ClN3O. The van der Waals surface area contributed by atoms with E-state index in [1.165, 1.54) is 0 Å². The summed E-state index contributed by atoms with van der Waals surface area (Å²) in [5.41, 5.74) is 5.27. The maximum absolute atomic E-state index is 11.8. The normalized spacial score (nSPS) is 10.8. The highest BCUT2D eigenvalue weighted by Crippen LogP contribution is 2.28. The second kappa shape index (κ2) is 8.47. The zero-order chi connectivity index (χ0) is 16.8. The molecule has 0 aliphatic heterocycles. The first-order valence-corrected chi connectivity index (χ1v) is 8.69. The fraction of sp³-hybridized carbons (Fsp3) is 0.125. The maximum Gasteiger partial charge on any atom is 0.259 e. The molecule has 0 saturated heterocycles. The van der Waals surface area contributed by atoms with E-state index in [2.05, 4.69) is 47.7 Å². The van der Waals surface area contributed by atoms with Gasteiger partial charge in [-0.05, 0) is 42.3 Å². The summed E-state index contributed by atoms with van der Waals surface area (Å²) in [5, 5.41) is 7.61. The number of hydrazone groups is 1. The van der Waals surface area contributed by atoms with E-state index in [1.54, 1.807) is 18.3 Å². The Morgan fingerprint density at radius 3 is 2.43 bits per heavy atom. The van der Waals surface area contributed by atoms with Crippen molar-refractivity contribution in [1.29, 1.82) is 0 Å². The molecule has 2 rings (SSSR count). The Bertz CT molecular complexity index is 710. The summed E-state index contributed by atoms with van der Waals surface area (Å²) in [6.07, 6.45) is 1.56. The van der Waals surface area contributed by atoms with Crippen LogP contribution < -0.4 is 10.7 Å². The van der Waals surface area contributed by atoms with E-state index in [4.69, 9.17) is 11.6 Å². The fourth-order valence-corrected chi connectivity index (χ4v) is 3.01. The SMILES string of the molecule is Cc1c(Br)cc(NCC(=O)N/N=C/c2ccc(Cl)cc2)cc1Br. The smallest absolute Gasteiger partial charge is 0.259 e. The van der Waals surface area contributed by atoms with Crippen LogP contribution in [-0.4, -0.2) is 18.7 Å². The minimum absolute atomic E-state index is 0.125. The summed E-state index contributed by atoms with van der Waals surface area (Å²) in [5.74, 6) is -0.233. The number of hydrogen-bond donors (Lipinski definition) is 2. The molecule has 23 heavy (non-hydrogen) atoms. The Balaban J connectivity index is 1.84. The van der Waals surface area contributed by atoms with Crippen LogP contribution in [-0.2, 0) is 4.79 Å². The lowest BCUT2D eigenvalue weighted by atomic mass is 10.2. The molecule has 0 aliphatic rings. The maximum atomic E-state index is 11.8. The van der Waals surface area contributed by atoms with Crippen molar-refractivity contribution in [3.05, 3.63) is 61.5 Å². The van der Waals surface area contributed by atoms with Crippen LogP contribution in [0.2, 0.25) is 5.02 Å². The number of amides is 1. The number of carbonyl (C=O) groups excluding carboxylic acids is 1. The van der Waals surface area contributed by atoms with E-state index in [1.807, 2.05) is 31.2 Å². The van der Waals surface area contributed by atoms with Gasteiger partial charge in [0.15, 0.2) is 0 Å². The summed E-state index contributed by atoms with van der Waals surface area (Å²) in [6, 6.07) is 11.0. The van der Waals surface area contributed by atoms with Gasteiger partial charge in [-0.1, -0.05) is 55.6 Å². The van der Waals surface area contributed by atoms with E-state index in [0.29, 0.717) is 5.02 Å². The molecule has 0 bridgehead atoms. The van der Waals surface area contributed by atoms with E-state index in [-0.39, 0.29) is 12.5 Å². The van der Waals surface area contributed by atoms with Crippen LogP contribution in [0.25, 0.3) is 0 Å². The van der Waals surface area contributed by atoms with Crippen LogP contribution in [0.3, 0.4) is 0 Å². The van der Waals surface area contributed by atoms with Gasteiger partial charge in [-0.15, -0.1) is 0 Å². The van der Waals surface area contributed by atoms with E-state index < -0.39 is 0 Å². The van der Waals surface area contributed by atoms with Crippen molar-refractivity contribution in [3.8, 4) is 0 Å². The molecule has 0 heterocycles. The standard InChI is InChI=1S/C16H14Br2ClN3O/c1-10-14(17)6-13(7-15(10)18)20-9-16(23)22-21-8-11-2-4-12(19)5-3-11/h2-8,20H,9H2,1H3,(H,22,23)/b21-8+. The topological polar surface area (TPSA) is 53.5 Å². The summed E-state index contributed by atoms with van der Waals surface area (Å²) < 4.78 is 1.94. The molecule has 0 atom stereocenters. The summed E-state index contributed by atoms with van der Waals surface area (Å²) in [4.78, 5) is 11.8. The lowest BCUT2D eigenvalue weighted by Crippen LogP contribution is -2.25. The number of hydrogen-bond acceptors (Lipinski definition) is 3. The predicted octanol–water partition coefficient (Wildman–Crippen LogP) is 4.74. The van der Waals surface area contributed by atoms with Crippen molar-refractivity contribution >= 4 is 61.3 Å². The summed E-state index contributed by atoms with van der Waals surface area (Å²) in [6.45, 7) is 2.12. The van der Waals surface area contributed by atoms with Gasteiger partial charge in [0, 0.05) is 19.7 Å². The summed E-state index contributed by atoms with van der Waals surface area (Å²) >= 11 is 12.7. The van der Waals surface area contributed by atoms with Gasteiger partial charge in [0.05, 0.1) is 12.8 Å². The second-order valence-electron chi connectivity index (χ2n) is 4.76. The van der Waals surface area contributed by atoms with Crippen LogP contribution in [0.5, 0.6) is 0 Å². The van der Waals surface area contributed by atoms with Crippen molar-refractivity contribution in [2.45, 2.75) is 6.92 Å². The molecule has 0 saturated carbocycles. The molecule has 120 valence electrons.